The van der Waals surface area contributed by atoms with Crippen LogP contribution >= 0.6 is 0 Å². The number of amides is 2. The first-order valence-corrected chi connectivity index (χ1v) is 10.4. The van der Waals surface area contributed by atoms with Crippen molar-refractivity contribution >= 4 is 11.8 Å². The summed E-state index contributed by atoms with van der Waals surface area (Å²) in [6.07, 6.45) is 1.67. The quantitative estimate of drug-likeness (QED) is 0.798. The van der Waals surface area contributed by atoms with Crippen LogP contribution in [-0.4, -0.2) is 49.6 Å². The molecule has 158 valence electrons. The van der Waals surface area contributed by atoms with Gasteiger partial charge in [0.05, 0.1) is 7.11 Å². The Balaban J connectivity index is 1.46. The largest absolute Gasteiger partial charge is 0.497 e. The lowest BCUT2D eigenvalue weighted by molar-refractivity contribution is -0.125. The molecule has 1 saturated heterocycles. The average Bonchev–Trinajstić information content (AvgIpc) is 3.14. The molecule has 4 rings (SSSR count). The summed E-state index contributed by atoms with van der Waals surface area (Å²) in [5.74, 6) is 0.602. The molecule has 0 bridgehead atoms. The minimum Gasteiger partial charge on any atom is -0.497 e. The van der Waals surface area contributed by atoms with Crippen molar-refractivity contribution in [1.82, 2.24) is 10.2 Å². The lowest BCUT2D eigenvalue weighted by atomic mass is 9.74. The topological polar surface area (TPSA) is 67.9 Å². The van der Waals surface area contributed by atoms with E-state index in [1.807, 2.05) is 36.4 Å². The Morgan fingerprint density at radius 1 is 1.17 bits per heavy atom. The molecule has 2 aliphatic rings. The first kappa shape index (κ1) is 20.4. The zero-order chi connectivity index (χ0) is 21.1. The maximum atomic E-state index is 13.0. The van der Waals surface area contributed by atoms with E-state index in [0.717, 1.165) is 24.2 Å². The van der Waals surface area contributed by atoms with Gasteiger partial charge in [0.2, 0.25) is 5.91 Å². The third-order valence-electron chi connectivity index (χ3n) is 6.45. The Hall–Kier alpha value is -2.86. The molecule has 1 N–H and O–H groups in total. The SMILES string of the molecule is COc1ccc(C2(CNC(=O)[C@H](C)N3Cc4ccccc4C3=O)CCOCC2)cc1. The summed E-state index contributed by atoms with van der Waals surface area (Å²) >= 11 is 0. The summed E-state index contributed by atoms with van der Waals surface area (Å²) in [5.41, 5.74) is 2.65. The monoisotopic (exact) mass is 408 g/mol. The van der Waals surface area contributed by atoms with Gasteiger partial charge >= 0.3 is 0 Å². The molecule has 1 fully saturated rings. The van der Waals surface area contributed by atoms with Gasteiger partial charge in [-0.15, -0.1) is 0 Å². The van der Waals surface area contributed by atoms with E-state index in [1.165, 1.54) is 5.56 Å². The molecule has 6 heteroatoms. The number of ether oxygens (including phenoxy) is 2. The molecule has 30 heavy (non-hydrogen) atoms. The van der Waals surface area contributed by atoms with Crippen LogP contribution in [0.3, 0.4) is 0 Å². The molecular weight excluding hydrogens is 380 g/mol. The highest BCUT2D eigenvalue weighted by Gasteiger charge is 2.37. The number of rotatable bonds is 6. The van der Waals surface area contributed by atoms with E-state index in [4.69, 9.17) is 9.47 Å². The third-order valence-corrected chi connectivity index (χ3v) is 6.45. The van der Waals surface area contributed by atoms with Gasteiger partial charge in [0.1, 0.15) is 11.8 Å². The van der Waals surface area contributed by atoms with Crippen molar-refractivity contribution in [2.45, 2.75) is 37.8 Å². The highest BCUT2D eigenvalue weighted by molar-refractivity contribution is 6.01. The Kier molecular flexibility index (Phi) is 5.77. The minimum atomic E-state index is -0.530. The normalized spacial score (nSPS) is 18.6. The van der Waals surface area contributed by atoms with Crippen LogP contribution in [0.4, 0.5) is 0 Å². The average molecular weight is 408 g/mol. The number of fused-ring (bicyclic) bond motifs is 1. The molecule has 0 spiro atoms. The fraction of sp³-hybridized carbons (Fsp3) is 0.417. The van der Waals surface area contributed by atoms with Crippen LogP contribution in [-0.2, 0) is 21.5 Å². The zero-order valence-electron chi connectivity index (χ0n) is 17.5. The standard InChI is InChI=1S/C24H28N2O4/c1-17(26-15-18-5-3-4-6-21(18)23(26)28)22(27)25-16-24(11-13-30-14-12-24)19-7-9-20(29-2)10-8-19/h3-10,17H,11-16H2,1-2H3,(H,25,27)/t17-/m0/s1. The first-order valence-electron chi connectivity index (χ1n) is 10.4. The van der Waals surface area contributed by atoms with Crippen LogP contribution in [0.25, 0.3) is 0 Å². The number of carbonyl (C=O) groups excluding carboxylic acids is 2. The van der Waals surface area contributed by atoms with Crippen molar-refractivity contribution < 1.29 is 19.1 Å². The van der Waals surface area contributed by atoms with Crippen LogP contribution in [0, 0.1) is 0 Å². The zero-order valence-corrected chi connectivity index (χ0v) is 17.5. The van der Waals surface area contributed by atoms with Crippen LogP contribution in [0.2, 0.25) is 0 Å². The summed E-state index contributed by atoms with van der Waals surface area (Å²) in [6.45, 7) is 4.11. The summed E-state index contributed by atoms with van der Waals surface area (Å²) in [6, 6.07) is 15.1. The van der Waals surface area contributed by atoms with E-state index < -0.39 is 6.04 Å². The Morgan fingerprint density at radius 2 is 1.87 bits per heavy atom. The van der Waals surface area contributed by atoms with Gasteiger partial charge in [-0.3, -0.25) is 9.59 Å². The van der Waals surface area contributed by atoms with Gasteiger partial charge in [0.15, 0.2) is 0 Å². The number of methoxy groups -OCH3 is 1. The summed E-state index contributed by atoms with van der Waals surface area (Å²) in [4.78, 5) is 27.3. The fourth-order valence-electron chi connectivity index (χ4n) is 4.41. The number of nitrogens with one attached hydrogen (secondary N) is 1. The predicted octanol–water partition coefficient (Wildman–Crippen LogP) is 2.90. The van der Waals surface area contributed by atoms with Gasteiger partial charge in [-0.25, -0.2) is 0 Å². The molecule has 0 radical (unpaired) electrons. The van der Waals surface area contributed by atoms with E-state index in [9.17, 15) is 9.59 Å². The van der Waals surface area contributed by atoms with Crippen molar-refractivity contribution in [2.75, 3.05) is 26.9 Å². The van der Waals surface area contributed by atoms with Crippen molar-refractivity contribution in [3.63, 3.8) is 0 Å². The number of hydrogen-bond acceptors (Lipinski definition) is 4. The van der Waals surface area contributed by atoms with E-state index in [1.54, 1.807) is 18.9 Å². The molecular formula is C24H28N2O4. The maximum Gasteiger partial charge on any atom is 0.255 e. The third kappa shape index (κ3) is 3.79. The van der Waals surface area contributed by atoms with Crippen molar-refractivity contribution in [1.29, 1.82) is 0 Å². The highest BCUT2D eigenvalue weighted by Crippen LogP contribution is 2.35. The lowest BCUT2D eigenvalue weighted by Crippen LogP contribution is -2.50. The van der Waals surface area contributed by atoms with Crippen LogP contribution in [0.5, 0.6) is 5.75 Å². The molecule has 2 aromatic rings. The van der Waals surface area contributed by atoms with E-state index in [2.05, 4.69) is 17.4 Å². The Bertz CT molecular complexity index is 919. The van der Waals surface area contributed by atoms with Gasteiger partial charge in [-0.2, -0.15) is 0 Å². The molecule has 0 saturated carbocycles. The van der Waals surface area contributed by atoms with Gasteiger partial charge < -0.3 is 19.7 Å². The van der Waals surface area contributed by atoms with E-state index in [-0.39, 0.29) is 17.2 Å². The fourth-order valence-corrected chi connectivity index (χ4v) is 4.41. The molecule has 2 heterocycles. The molecule has 6 nitrogen and oxygen atoms in total. The van der Waals surface area contributed by atoms with Crippen molar-refractivity contribution in [3.05, 3.63) is 65.2 Å². The number of nitrogens with zero attached hydrogens (tertiary/aromatic N) is 1. The second-order valence-electron chi connectivity index (χ2n) is 8.11. The number of benzene rings is 2. The van der Waals surface area contributed by atoms with Crippen LogP contribution in [0.15, 0.2) is 48.5 Å². The van der Waals surface area contributed by atoms with Crippen molar-refractivity contribution in [3.8, 4) is 5.75 Å². The predicted molar refractivity (Wildman–Crippen MR) is 114 cm³/mol. The molecule has 1 atom stereocenters. The minimum absolute atomic E-state index is 0.0795. The second kappa shape index (κ2) is 8.48. The lowest BCUT2D eigenvalue weighted by Gasteiger charge is -2.38. The molecule has 0 aromatic heterocycles. The van der Waals surface area contributed by atoms with Gasteiger partial charge in [0, 0.05) is 37.3 Å². The van der Waals surface area contributed by atoms with Gasteiger partial charge in [-0.1, -0.05) is 30.3 Å². The summed E-state index contributed by atoms with van der Waals surface area (Å²) in [7, 11) is 1.65. The number of carbonyl (C=O) groups is 2. The summed E-state index contributed by atoms with van der Waals surface area (Å²) in [5, 5.41) is 3.12. The molecule has 0 aliphatic carbocycles. The second-order valence-corrected chi connectivity index (χ2v) is 8.11. The van der Waals surface area contributed by atoms with Crippen molar-refractivity contribution in [2.24, 2.45) is 0 Å². The van der Waals surface area contributed by atoms with E-state index >= 15 is 0 Å². The van der Waals surface area contributed by atoms with Crippen LogP contribution in [0.1, 0.15) is 41.3 Å². The Labute approximate surface area is 177 Å². The van der Waals surface area contributed by atoms with E-state index in [0.29, 0.717) is 31.9 Å². The first-order chi connectivity index (χ1) is 14.5. The molecule has 2 aliphatic heterocycles. The Morgan fingerprint density at radius 3 is 2.53 bits per heavy atom. The van der Waals surface area contributed by atoms with Crippen LogP contribution < -0.4 is 10.1 Å². The summed E-state index contributed by atoms with van der Waals surface area (Å²) < 4.78 is 10.9. The smallest absolute Gasteiger partial charge is 0.255 e. The highest BCUT2D eigenvalue weighted by atomic mass is 16.5. The maximum absolute atomic E-state index is 13.0. The van der Waals surface area contributed by atoms with Gasteiger partial charge in [0.25, 0.3) is 5.91 Å². The van der Waals surface area contributed by atoms with Gasteiger partial charge in [-0.05, 0) is 49.1 Å². The molecule has 2 aromatic carbocycles. The number of hydrogen-bond donors (Lipinski definition) is 1. The molecule has 2 amide bonds. The molecule has 0 unspecified atom stereocenters.